The Morgan fingerprint density at radius 2 is 1.81 bits per heavy atom. The van der Waals surface area contributed by atoms with Crippen LogP contribution in [0.5, 0.6) is 5.75 Å². The van der Waals surface area contributed by atoms with Gasteiger partial charge < -0.3 is 4.74 Å². The first-order chi connectivity index (χ1) is 19.7. The number of pyridine rings is 2. The van der Waals surface area contributed by atoms with Crippen LogP contribution in [0, 0.1) is 11.8 Å². The van der Waals surface area contributed by atoms with E-state index in [0.29, 0.717) is 12.1 Å². The number of rotatable bonds is 8. The minimum Gasteiger partial charge on any atom is -0.495 e. The Hall–Kier alpha value is -4.30. The van der Waals surface area contributed by atoms with Crippen molar-refractivity contribution < 1.29 is 39.9 Å². The molecule has 0 saturated carbocycles. The molecule has 1 N–H and O–H groups in total. The molecule has 220 valence electrons. The van der Waals surface area contributed by atoms with Gasteiger partial charge in [0.05, 0.1) is 23.4 Å². The number of carbonyl (C=O) groups is 1. The molecule has 15 heteroatoms. The number of benzene rings is 2. The lowest BCUT2D eigenvalue weighted by molar-refractivity contribution is -0.140. The third-order valence-corrected chi connectivity index (χ3v) is 7.51. The topological polar surface area (TPSA) is 101 Å². The van der Waals surface area contributed by atoms with Crippen LogP contribution in [0.25, 0.3) is 11.1 Å². The number of alkyl halides is 3. The van der Waals surface area contributed by atoms with Gasteiger partial charge in [0.1, 0.15) is 28.1 Å². The van der Waals surface area contributed by atoms with Gasteiger partial charge in [0.25, 0.3) is 10.0 Å². The Labute approximate surface area is 241 Å². The molecule has 2 heterocycles. The summed E-state index contributed by atoms with van der Waals surface area (Å²) in [6.45, 7) is 1.56. The lowest BCUT2D eigenvalue weighted by Crippen LogP contribution is -2.26. The van der Waals surface area contributed by atoms with Crippen LogP contribution in [0.4, 0.5) is 39.3 Å². The second kappa shape index (κ2) is 11.9. The van der Waals surface area contributed by atoms with Crippen molar-refractivity contribution in [1.82, 2.24) is 9.97 Å². The number of ether oxygens (including phenoxy) is 1. The lowest BCUT2D eigenvalue weighted by Gasteiger charge is -2.25. The maximum absolute atomic E-state index is 13.9. The van der Waals surface area contributed by atoms with E-state index in [2.05, 4.69) is 14.7 Å². The zero-order valence-electron chi connectivity index (χ0n) is 21.7. The highest BCUT2D eigenvalue weighted by Crippen LogP contribution is 2.43. The van der Waals surface area contributed by atoms with Crippen LogP contribution < -0.4 is 14.4 Å². The maximum Gasteiger partial charge on any atom is 0.419 e. The van der Waals surface area contributed by atoms with Crippen LogP contribution in [0.15, 0.2) is 71.8 Å². The standard InChI is InChI=1S/C27H20ClF5N4O4S/c1-3-26(38)37(25-10-8-16(14-34-25)42(39,40)36-24-6-4-5-23(30)35-24)21-13-19(28)17(12-22(21)41-2)15-7-9-20(29)18(11-15)27(31,32)33/h4-14H,3H2,1-2H3,(H,35,36). The highest BCUT2D eigenvalue weighted by molar-refractivity contribution is 7.92. The summed E-state index contributed by atoms with van der Waals surface area (Å²) < 4.78 is 100. The zero-order chi connectivity index (χ0) is 30.8. The van der Waals surface area contributed by atoms with Gasteiger partial charge in [-0.15, -0.1) is 0 Å². The second-order valence-corrected chi connectivity index (χ2v) is 10.7. The minimum absolute atomic E-state index is 0.00595. The molecule has 0 radical (unpaired) electrons. The van der Waals surface area contributed by atoms with E-state index >= 15 is 0 Å². The Morgan fingerprint density at radius 1 is 1.07 bits per heavy atom. The fourth-order valence-electron chi connectivity index (χ4n) is 3.88. The molecule has 0 aliphatic heterocycles. The van der Waals surface area contributed by atoms with Crippen molar-refractivity contribution in [3.05, 3.63) is 89.2 Å². The van der Waals surface area contributed by atoms with E-state index in [1.54, 1.807) is 6.92 Å². The van der Waals surface area contributed by atoms with Gasteiger partial charge in [0, 0.05) is 18.2 Å². The van der Waals surface area contributed by atoms with Gasteiger partial charge in [-0.1, -0.05) is 30.7 Å². The number of hydrogen-bond donors (Lipinski definition) is 1. The van der Waals surface area contributed by atoms with E-state index in [1.807, 2.05) is 0 Å². The monoisotopic (exact) mass is 626 g/mol. The molecule has 0 saturated heterocycles. The number of amides is 1. The first kappa shape index (κ1) is 30.7. The van der Waals surface area contributed by atoms with E-state index < -0.39 is 39.4 Å². The third kappa shape index (κ3) is 6.44. The number of anilines is 3. The van der Waals surface area contributed by atoms with Crippen LogP contribution in [0.3, 0.4) is 0 Å². The summed E-state index contributed by atoms with van der Waals surface area (Å²) in [7, 11) is -2.98. The Kier molecular flexibility index (Phi) is 8.68. The number of nitrogens with zero attached hydrogens (tertiary/aromatic N) is 3. The average Bonchev–Trinajstić information content (AvgIpc) is 2.93. The van der Waals surface area contributed by atoms with Gasteiger partial charge in [0.2, 0.25) is 11.9 Å². The second-order valence-electron chi connectivity index (χ2n) is 8.58. The molecule has 0 aliphatic rings. The van der Waals surface area contributed by atoms with E-state index in [0.717, 1.165) is 29.3 Å². The molecule has 1 amide bonds. The molecule has 0 aliphatic carbocycles. The van der Waals surface area contributed by atoms with Crippen molar-refractivity contribution in [2.24, 2.45) is 0 Å². The van der Waals surface area contributed by atoms with Gasteiger partial charge >= 0.3 is 6.18 Å². The van der Waals surface area contributed by atoms with Gasteiger partial charge in [-0.05, 0) is 54.1 Å². The molecular weight excluding hydrogens is 607 g/mol. The summed E-state index contributed by atoms with van der Waals surface area (Å²) in [6.07, 6.45) is -4.02. The molecule has 0 spiro atoms. The smallest absolute Gasteiger partial charge is 0.419 e. The summed E-state index contributed by atoms with van der Waals surface area (Å²) in [6, 6.07) is 10.9. The number of nitrogens with one attached hydrogen (secondary N) is 1. The summed E-state index contributed by atoms with van der Waals surface area (Å²) in [5.74, 6) is -3.14. The first-order valence-electron chi connectivity index (χ1n) is 11.9. The molecule has 2 aromatic heterocycles. The molecule has 2 aromatic carbocycles. The van der Waals surface area contributed by atoms with Crippen molar-refractivity contribution in [1.29, 1.82) is 0 Å². The fraction of sp³-hybridized carbons (Fsp3) is 0.148. The summed E-state index contributed by atoms with van der Waals surface area (Å²) in [5.41, 5.74) is -1.41. The summed E-state index contributed by atoms with van der Waals surface area (Å²) in [5, 5.41) is -0.0922. The number of carbonyl (C=O) groups excluding carboxylic acids is 1. The molecule has 42 heavy (non-hydrogen) atoms. The zero-order valence-corrected chi connectivity index (χ0v) is 23.3. The van der Waals surface area contributed by atoms with E-state index in [1.165, 1.54) is 37.4 Å². The van der Waals surface area contributed by atoms with Crippen molar-refractivity contribution in [2.45, 2.75) is 24.4 Å². The Bertz CT molecular complexity index is 1750. The predicted octanol–water partition coefficient (Wildman–Crippen LogP) is 6.98. The molecule has 0 bridgehead atoms. The minimum atomic E-state index is -4.95. The molecule has 8 nitrogen and oxygen atoms in total. The number of sulfonamides is 1. The maximum atomic E-state index is 13.9. The number of methoxy groups -OCH3 is 1. The van der Waals surface area contributed by atoms with Gasteiger partial charge in [-0.2, -0.15) is 17.6 Å². The highest BCUT2D eigenvalue weighted by atomic mass is 35.5. The normalized spacial score (nSPS) is 11.7. The predicted molar refractivity (Wildman–Crippen MR) is 145 cm³/mol. The molecular formula is C27H20ClF5N4O4S. The van der Waals surface area contributed by atoms with E-state index in [-0.39, 0.29) is 50.5 Å². The third-order valence-electron chi connectivity index (χ3n) is 5.86. The molecule has 0 atom stereocenters. The summed E-state index contributed by atoms with van der Waals surface area (Å²) in [4.78, 5) is 21.4. The molecule has 4 aromatic rings. The number of hydrogen-bond acceptors (Lipinski definition) is 6. The average molecular weight is 627 g/mol. The fourth-order valence-corrected chi connectivity index (χ4v) is 5.09. The first-order valence-corrected chi connectivity index (χ1v) is 13.8. The van der Waals surface area contributed by atoms with Crippen molar-refractivity contribution in [3.8, 4) is 16.9 Å². The van der Waals surface area contributed by atoms with Crippen molar-refractivity contribution >= 4 is 44.9 Å². The Balaban J connectivity index is 1.74. The molecule has 0 unspecified atom stereocenters. The van der Waals surface area contributed by atoms with Crippen molar-refractivity contribution in [3.63, 3.8) is 0 Å². The van der Waals surface area contributed by atoms with Crippen molar-refractivity contribution in [2.75, 3.05) is 16.7 Å². The van der Waals surface area contributed by atoms with Gasteiger partial charge in [-0.25, -0.2) is 22.8 Å². The number of aromatic nitrogens is 2. The highest BCUT2D eigenvalue weighted by Gasteiger charge is 2.34. The van der Waals surface area contributed by atoms with Crippen LogP contribution in [0.2, 0.25) is 5.02 Å². The number of halogens is 6. The van der Waals surface area contributed by atoms with Crippen LogP contribution >= 0.6 is 11.6 Å². The lowest BCUT2D eigenvalue weighted by atomic mass is 10.0. The summed E-state index contributed by atoms with van der Waals surface area (Å²) >= 11 is 6.44. The van der Waals surface area contributed by atoms with Crippen LogP contribution in [-0.4, -0.2) is 31.4 Å². The van der Waals surface area contributed by atoms with E-state index in [4.69, 9.17) is 16.3 Å². The van der Waals surface area contributed by atoms with Gasteiger partial charge in [0.15, 0.2) is 0 Å². The van der Waals surface area contributed by atoms with Gasteiger partial charge in [-0.3, -0.25) is 14.4 Å². The Morgan fingerprint density at radius 3 is 2.40 bits per heavy atom. The molecule has 4 rings (SSSR count). The quantitative estimate of drug-likeness (QED) is 0.167. The van der Waals surface area contributed by atoms with E-state index in [9.17, 15) is 35.2 Å². The molecule has 0 fully saturated rings. The SMILES string of the molecule is CCC(=O)N(c1ccc(S(=O)(=O)Nc2cccc(F)n2)cn1)c1cc(Cl)c(-c2ccc(F)c(C(F)(F)F)c2)cc1OC. The van der Waals surface area contributed by atoms with Crippen LogP contribution in [-0.2, 0) is 21.0 Å². The van der Waals surface area contributed by atoms with Crippen LogP contribution in [0.1, 0.15) is 18.9 Å². The largest absolute Gasteiger partial charge is 0.495 e.